The Hall–Kier alpha value is -1.67. The van der Waals surface area contributed by atoms with Crippen LogP contribution in [0, 0.1) is 0 Å². The summed E-state index contributed by atoms with van der Waals surface area (Å²) in [5, 5.41) is 2.42. The summed E-state index contributed by atoms with van der Waals surface area (Å²) in [5.74, 6) is -1.14. The first-order valence-corrected chi connectivity index (χ1v) is 9.42. The second-order valence-electron chi connectivity index (χ2n) is 9.08. The number of carbonyl (C=O) groups excluding carboxylic acids is 1. The number of hydrogen-bond acceptors (Lipinski definition) is 4. The Morgan fingerprint density at radius 3 is 2.04 bits per heavy atom. The number of nitrogens with one attached hydrogen (secondary N) is 1. The molecule has 1 aromatic rings. The van der Waals surface area contributed by atoms with E-state index in [9.17, 15) is 13.6 Å². The molecule has 1 atom stereocenters. The van der Waals surface area contributed by atoms with Crippen LogP contribution in [-0.2, 0) is 14.0 Å². The minimum atomic E-state index is -2.63. The quantitative estimate of drug-likeness (QED) is 0.767. The highest BCUT2D eigenvalue weighted by Gasteiger charge is 2.51. The second kappa shape index (κ2) is 7.99. The summed E-state index contributed by atoms with van der Waals surface area (Å²) >= 11 is 0. The molecule has 1 amide bonds. The van der Waals surface area contributed by atoms with Crippen molar-refractivity contribution in [1.29, 1.82) is 0 Å². The lowest BCUT2D eigenvalue weighted by Crippen LogP contribution is -2.41. The number of halogens is 2. The van der Waals surface area contributed by atoms with Crippen LogP contribution in [0.4, 0.5) is 13.6 Å². The minimum absolute atomic E-state index is 0.220. The van der Waals surface area contributed by atoms with Crippen molar-refractivity contribution in [1.82, 2.24) is 5.32 Å². The third-order valence-electron chi connectivity index (χ3n) is 5.06. The van der Waals surface area contributed by atoms with Gasteiger partial charge in [0.1, 0.15) is 5.60 Å². The van der Waals surface area contributed by atoms with Gasteiger partial charge in [0.2, 0.25) is 6.43 Å². The van der Waals surface area contributed by atoms with Crippen molar-refractivity contribution in [3.8, 4) is 0 Å². The Morgan fingerprint density at radius 1 is 1.11 bits per heavy atom. The number of ether oxygens (including phenoxy) is 1. The molecule has 1 heterocycles. The maximum atomic E-state index is 13.5. The average molecular weight is 397 g/mol. The first-order valence-electron chi connectivity index (χ1n) is 9.42. The highest BCUT2D eigenvalue weighted by atomic mass is 19.3. The molecule has 1 saturated heterocycles. The molecule has 1 aliphatic heterocycles. The Labute approximate surface area is 166 Å². The van der Waals surface area contributed by atoms with Crippen molar-refractivity contribution < 1.29 is 27.6 Å². The van der Waals surface area contributed by atoms with Crippen LogP contribution in [0.15, 0.2) is 24.3 Å². The van der Waals surface area contributed by atoms with E-state index in [1.54, 1.807) is 45.0 Å². The fourth-order valence-electron chi connectivity index (χ4n) is 2.74. The Balaban J connectivity index is 2.06. The number of alkyl carbamates (subject to hydrolysis) is 1. The van der Waals surface area contributed by atoms with Gasteiger partial charge in [-0.2, -0.15) is 0 Å². The van der Waals surface area contributed by atoms with E-state index in [4.69, 9.17) is 14.0 Å². The van der Waals surface area contributed by atoms with E-state index in [2.05, 4.69) is 5.32 Å². The maximum Gasteiger partial charge on any atom is 0.494 e. The van der Waals surface area contributed by atoms with Crippen LogP contribution >= 0.6 is 0 Å². The molecule has 1 N–H and O–H groups in total. The summed E-state index contributed by atoms with van der Waals surface area (Å²) in [4.78, 5) is 11.8. The molecule has 1 aliphatic rings. The van der Waals surface area contributed by atoms with E-state index in [0.717, 1.165) is 5.46 Å². The first kappa shape index (κ1) is 22.6. The molecule has 1 aromatic carbocycles. The zero-order valence-corrected chi connectivity index (χ0v) is 17.6. The lowest BCUT2D eigenvalue weighted by Gasteiger charge is -2.32. The predicted molar refractivity (Wildman–Crippen MR) is 105 cm³/mol. The smallest absolute Gasteiger partial charge is 0.444 e. The number of rotatable bonds is 5. The highest BCUT2D eigenvalue weighted by molar-refractivity contribution is 6.62. The van der Waals surface area contributed by atoms with E-state index in [1.165, 1.54) is 0 Å². The van der Waals surface area contributed by atoms with Crippen LogP contribution in [0.2, 0.25) is 0 Å². The van der Waals surface area contributed by atoms with E-state index < -0.39 is 42.4 Å². The summed E-state index contributed by atoms with van der Waals surface area (Å²) in [6.45, 7) is 12.7. The van der Waals surface area contributed by atoms with Crippen molar-refractivity contribution in [2.75, 3.05) is 6.54 Å². The van der Waals surface area contributed by atoms with Gasteiger partial charge in [-0.1, -0.05) is 24.3 Å². The molecule has 0 saturated carbocycles. The van der Waals surface area contributed by atoms with Crippen molar-refractivity contribution in [3.63, 3.8) is 0 Å². The van der Waals surface area contributed by atoms with Crippen molar-refractivity contribution >= 4 is 18.7 Å². The monoisotopic (exact) mass is 397 g/mol. The molecule has 1 fully saturated rings. The van der Waals surface area contributed by atoms with Crippen LogP contribution in [-0.4, -0.2) is 43.0 Å². The van der Waals surface area contributed by atoms with E-state index >= 15 is 0 Å². The topological polar surface area (TPSA) is 56.8 Å². The molecule has 2 rings (SSSR count). The number of carbonyl (C=O) groups is 1. The predicted octanol–water partition coefficient (Wildman–Crippen LogP) is 3.86. The molecular weight excluding hydrogens is 367 g/mol. The fraction of sp³-hybridized carbons (Fsp3) is 0.650. The minimum Gasteiger partial charge on any atom is -0.444 e. The summed E-state index contributed by atoms with van der Waals surface area (Å²) in [7, 11) is -0.552. The Morgan fingerprint density at radius 2 is 1.61 bits per heavy atom. The van der Waals surface area contributed by atoms with Crippen LogP contribution in [0.5, 0.6) is 0 Å². The highest BCUT2D eigenvalue weighted by Crippen LogP contribution is 2.36. The standard InChI is InChI=1S/C20H30BF2NO4/c1-18(2,3)26-17(25)24-12-15(16(22)23)13-8-10-14(11-9-13)21-27-19(4,5)20(6,7)28-21/h8-11,15-16H,12H2,1-7H3,(H,24,25). The number of alkyl halides is 2. The molecule has 0 aliphatic carbocycles. The van der Waals surface area contributed by atoms with Gasteiger partial charge < -0.3 is 19.4 Å². The molecule has 0 bridgehead atoms. The Kier molecular flexibility index (Phi) is 6.45. The van der Waals surface area contributed by atoms with E-state index in [1.807, 2.05) is 27.7 Å². The van der Waals surface area contributed by atoms with E-state index in [0.29, 0.717) is 5.56 Å². The van der Waals surface area contributed by atoms with Gasteiger partial charge in [-0.05, 0) is 59.5 Å². The summed E-state index contributed by atoms with van der Waals surface area (Å²) < 4.78 is 44.1. The van der Waals surface area contributed by atoms with Crippen LogP contribution in [0.1, 0.15) is 59.9 Å². The molecule has 5 nitrogen and oxygen atoms in total. The zero-order chi connectivity index (χ0) is 21.3. The fourth-order valence-corrected chi connectivity index (χ4v) is 2.74. The van der Waals surface area contributed by atoms with Gasteiger partial charge in [0.15, 0.2) is 0 Å². The van der Waals surface area contributed by atoms with Gasteiger partial charge in [-0.3, -0.25) is 0 Å². The molecule has 8 heteroatoms. The molecule has 156 valence electrons. The van der Waals surface area contributed by atoms with Gasteiger partial charge in [0, 0.05) is 6.54 Å². The second-order valence-corrected chi connectivity index (χ2v) is 9.08. The van der Waals surface area contributed by atoms with Crippen molar-refractivity contribution in [3.05, 3.63) is 29.8 Å². The average Bonchev–Trinajstić information content (AvgIpc) is 2.74. The summed E-state index contributed by atoms with van der Waals surface area (Å²) in [6.07, 6.45) is -3.34. The van der Waals surface area contributed by atoms with Gasteiger partial charge in [-0.25, -0.2) is 13.6 Å². The van der Waals surface area contributed by atoms with Gasteiger partial charge in [0.05, 0.1) is 17.1 Å². The normalized spacial score (nSPS) is 19.6. The SMILES string of the molecule is CC(C)(C)OC(=O)NCC(c1ccc(B2OC(C)(C)C(C)(C)O2)cc1)C(F)F. The number of benzene rings is 1. The lowest BCUT2D eigenvalue weighted by molar-refractivity contribution is 0.00578. The zero-order valence-electron chi connectivity index (χ0n) is 17.6. The molecular formula is C20H30BF2NO4. The van der Waals surface area contributed by atoms with Crippen molar-refractivity contribution in [2.24, 2.45) is 0 Å². The number of amides is 1. The van der Waals surface area contributed by atoms with Crippen LogP contribution in [0.3, 0.4) is 0 Å². The van der Waals surface area contributed by atoms with Crippen LogP contribution < -0.4 is 10.8 Å². The summed E-state index contributed by atoms with van der Waals surface area (Å²) in [6, 6.07) is 6.68. The molecule has 0 aromatic heterocycles. The largest absolute Gasteiger partial charge is 0.494 e. The molecule has 28 heavy (non-hydrogen) atoms. The lowest BCUT2D eigenvalue weighted by atomic mass is 9.78. The van der Waals surface area contributed by atoms with E-state index in [-0.39, 0.29) is 6.54 Å². The molecule has 1 unspecified atom stereocenters. The van der Waals surface area contributed by atoms with Gasteiger partial charge in [0.25, 0.3) is 0 Å². The Bertz CT molecular complexity index is 670. The van der Waals surface area contributed by atoms with Crippen LogP contribution in [0.25, 0.3) is 0 Å². The molecule has 0 spiro atoms. The van der Waals surface area contributed by atoms with Gasteiger partial charge >= 0.3 is 13.2 Å². The molecule has 0 radical (unpaired) electrons. The first-order chi connectivity index (χ1) is 12.7. The van der Waals surface area contributed by atoms with Crippen molar-refractivity contribution in [2.45, 2.75) is 77.6 Å². The van der Waals surface area contributed by atoms with Gasteiger partial charge in [-0.15, -0.1) is 0 Å². The maximum absolute atomic E-state index is 13.5. The summed E-state index contributed by atoms with van der Waals surface area (Å²) in [5.41, 5.74) is -0.449. The third-order valence-corrected chi connectivity index (χ3v) is 5.06. The number of hydrogen-bond donors (Lipinski definition) is 1. The third kappa shape index (κ3) is 5.44.